The molecule has 4 nitrogen and oxygen atoms in total. The minimum absolute atomic E-state index is 0.345. The lowest BCUT2D eigenvalue weighted by Crippen LogP contribution is -2.18. The largest absolute Gasteiger partial charge is 0.474 e. The SMILES string of the molecule is Cc1nn(C)c(OC2CCCCCC2)c1CN. The summed E-state index contributed by atoms with van der Waals surface area (Å²) in [7, 11) is 1.93. The van der Waals surface area contributed by atoms with Crippen LogP contribution in [0.5, 0.6) is 5.88 Å². The number of hydrogen-bond acceptors (Lipinski definition) is 3. The average Bonchev–Trinajstić information content (AvgIpc) is 2.50. The summed E-state index contributed by atoms with van der Waals surface area (Å²) < 4.78 is 7.95. The van der Waals surface area contributed by atoms with E-state index in [9.17, 15) is 0 Å². The first-order valence-electron chi connectivity index (χ1n) is 6.61. The van der Waals surface area contributed by atoms with Crippen LogP contribution in [0.3, 0.4) is 0 Å². The molecule has 0 spiro atoms. The van der Waals surface area contributed by atoms with E-state index in [4.69, 9.17) is 10.5 Å². The van der Waals surface area contributed by atoms with Gasteiger partial charge in [-0.1, -0.05) is 12.8 Å². The normalized spacial score (nSPS) is 18.1. The molecule has 1 aromatic rings. The highest BCUT2D eigenvalue weighted by Crippen LogP contribution is 2.26. The Kier molecular flexibility index (Phi) is 4.05. The molecule has 1 saturated carbocycles. The summed E-state index contributed by atoms with van der Waals surface area (Å²) in [5, 5.41) is 4.38. The zero-order valence-corrected chi connectivity index (χ0v) is 10.9. The Balaban J connectivity index is 2.11. The molecule has 1 aromatic heterocycles. The van der Waals surface area contributed by atoms with Gasteiger partial charge in [-0.3, -0.25) is 0 Å². The lowest BCUT2D eigenvalue weighted by molar-refractivity contribution is 0.166. The highest BCUT2D eigenvalue weighted by atomic mass is 16.5. The highest BCUT2D eigenvalue weighted by Gasteiger charge is 2.19. The summed E-state index contributed by atoms with van der Waals surface area (Å²) >= 11 is 0. The van der Waals surface area contributed by atoms with Gasteiger partial charge in [0.15, 0.2) is 0 Å². The van der Waals surface area contributed by atoms with Crippen LogP contribution < -0.4 is 10.5 Å². The van der Waals surface area contributed by atoms with E-state index >= 15 is 0 Å². The summed E-state index contributed by atoms with van der Waals surface area (Å²) in [6, 6.07) is 0. The van der Waals surface area contributed by atoms with Gasteiger partial charge in [0.2, 0.25) is 5.88 Å². The molecule has 0 atom stereocenters. The number of nitrogens with two attached hydrogens (primary N) is 1. The van der Waals surface area contributed by atoms with Crippen LogP contribution in [0.25, 0.3) is 0 Å². The van der Waals surface area contributed by atoms with Crippen molar-refractivity contribution in [2.24, 2.45) is 12.8 Å². The van der Waals surface area contributed by atoms with Crippen molar-refractivity contribution in [1.82, 2.24) is 9.78 Å². The fourth-order valence-electron chi connectivity index (χ4n) is 2.58. The van der Waals surface area contributed by atoms with Crippen molar-refractivity contribution in [2.45, 2.75) is 58.1 Å². The molecule has 0 unspecified atom stereocenters. The molecule has 4 heteroatoms. The van der Waals surface area contributed by atoms with Crippen LogP contribution >= 0.6 is 0 Å². The summed E-state index contributed by atoms with van der Waals surface area (Å²) in [4.78, 5) is 0. The van der Waals surface area contributed by atoms with Crippen molar-refractivity contribution >= 4 is 0 Å². The number of rotatable bonds is 3. The van der Waals surface area contributed by atoms with E-state index in [2.05, 4.69) is 5.10 Å². The standard InChI is InChI=1S/C13H23N3O/c1-10-12(9-14)13(16(2)15-10)17-11-7-5-3-4-6-8-11/h11H,3-9,14H2,1-2H3. The number of hydrogen-bond donors (Lipinski definition) is 1. The van der Waals surface area contributed by atoms with Gasteiger partial charge in [-0.05, 0) is 32.6 Å². The van der Waals surface area contributed by atoms with Crippen LogP contribution in [0.4, 0.5) is 0 Å². The molecule has 0 radical (unpaired) electrons. The molecule has 17 heavy (non-hydrogen) atoms. The minimum Gasteiger partial charge on any atom is -0.474 e. The average molecular weight is 237 g/mol. The van der Waals surface area contributed by atoms with Gasteiger partial charge in [0.1, 0.15) is 6.10 Å². The fraction of sp³-hybridized carbons (Fsp3) is 0.769. The molecule has 1 aliphatic carbocycles. The molecular weight excluding hydrogens is 214 g/mol. The molecule has 0 aliphatic heterocycles. The maximum Gasteiger partial charge on any atom is 0.216 e. The van der Waals surface area contributed by atoms with Gasteiger partial charge in [0, 0.05) is 13.6 Å². The first-order valence-corrected chi connectivity index (χ1v) is 6.61. The highest BCUT2D eigenvalue weighted by molar-refractivity contribution is 5.30. The quantitative estimate of drug-likeness (QED) is 0.821. The summed E-state index contributed by atoms with van der Waals surface area (Å²) in [5.74, 6) is 0.872. The number of aromatic nitrogens is 2. The predicted octanol–water partition coefficient (Wildman–Crippen LogP) is 2.29. The van der Waals surface area contributed by atoms with E-state index in [-0.39, 0.29) is 0 Å². The van der Waals surface area contributed by atoms with Crippen LogP contribution in [-0.2, 0) is 13.6 Å². The van der Waals surface area contributed by atoms with Crippen LogP contribution in [0, 0.1) is 6.92 Å². The van der Waals surface area contributed by atoms with Crippen LogP contribution in [0.1, 0.15) is 49.8 Å². The van der Waals surface area contributed by atoms with E-state index in [0.29, 0.717) is 12.6 Å². The van der Waals surface area contributed by atoms with Gasteiger partial charge >= 0.3 is 0 Å². The Morgan fingerprint density at radius 3 is 2.53 bits per heavy atom. The summed E-state index contributed by atoms with van der Waals surface area (Å²) in [5.41, 5.74) is 7.80. The molecule has 2 N–H and O–H groups in total. The van der Waals surface area contributed by atoms with E-state index in [1.165, 1.54) is 25.7 Å². The first kappa shape index (κ1) is 12.4. The lowest BCUT2D eigenvalue weighted by atomic mass is 10.1. The van der Waals surface area contributed by atoms with Crippen LogP contribution in [-0.4, -0.2) is 15.9 Å². The minimum atomic E-state index is 0.345. The summed E-state index contributed by atoms with van der Waals surface area (Å²) in [6.45, 7) is 2.49. The first-order chi connectivity index (χ1) is 8.22. The van der Waals surface area contributed by atoms with Crippen molar-refractivity contribution in [3.8, 4) is 5.88 Å². The maximum atomic E-state index is 6.13. The molecule has 96 valence electrons. The molecule has 2 rings (SSSR count). The second-order valence-corrected chi connectivity index (χ2v) is 4.93. The van der Waals surface area contributed by atoms with Crippen molar-refractivity contribution in [1.29, 1.82) is 0 Å². The third-order valence-corrected chi connectivity index (χ3v) is 3.57. The predicted molar refractivity (Wildman–Crippen MR) is 68.0 cm³/mol. The Morgan fingerprint density at radius 2 is 1.94 bits per heavy atom. The van der Waals surface area contributed by atoms with E-state index < -0.39 is 0 Å². The molecular formula is C13H23N3O. The Hall–Kier alpha value is -1.03. The molecule has 1 heterocycles. The number of ether oxygens (including phenoxy) is 1. The van der Waals surface area contributed by atoms with Gasteiger partial charge in [-0.2, -0.15) is 5.10 Å². The van der Waals surface area contributed by atoms with E-state index in [1.54, 1.807) is 0 Å². The second kappa shape index (κ2) is 5.54. The van der Waals surface area contributed by atoms with Crippen molar-refractivity contribution in [3.63, 3.8) is 0 Å². The number of aryl methyl sites for hydroxylation is 2. The van der Waals surface area contributed by atoms with Crippen LogP contribution in [0.2, 0.25) is 0 Å². The summed E-state index contributed by atoms with van der Waals surface area (Å²) in [6.07, 6.45) is 7.90. The van der Waals surface area contributed by atoms with Gasteiger partial charge in [0.05, 0.1) is 11.3 Å². The molecule has 0 saturated heterocycles. The fourth-order valence-corrected chi connectivity index (χ4v) is 2.58. The molecule has 0 amide bonds. The third kappa shape index (κ3) is 2.80. The van der Waals surface area contributed by atoms with Crippen molar-refractivity contribution in [2.75, 3.05) is 0 Å². The Morgan fingerprint density at radius 1 is 1.29 bits per heavy atom. The molecule has 1 fully saturated rings. The smallest absolute Gasteiger partial charge is 0.216 e. The second-order valence-electron chi connectivity index (χ2n) is 4.93. The molecule has 0 bridgehead atoms. The zero-order chi connectivity index (χ0) is 12.3. The van der Waals surface area contributed by atoms with Crippen molar-refractivity contribution < 1.29 is 4.74 Å². The van der Waals surface area contributed by atoms with Gasteiger partial charge < -0.3 is 10.5 Å². The maximum absolute atomic E-state index is 6.13. The Bertz CT molecular complexity index is 365. The lowest BCUT2D eigenvalue weighted by Gasteiger charge is -2.17. The molecule has 0 aromatic carbocycles. The van der Waals surface area contributed by atoms with E-state index in [0.717, 1.165) is 30.0 Å². The van der Waals surface area contributed by atoms with Gasteiger partial charge in [-0.25, -0.2) is 4.68 Å². The van der Waals surface area contributed by atoms with Gasteiger partial charge in [-0.15, -0.1) is 0 Å². The van der Waals surface area contributed by atoms with Gasteiger partial charge in [0.25, 0.3) is 0 Å². The number of nitrogens with zero attached hydrogens (tertiary/aromatic N) is 2. The molecule has 1 aliphatic rings. The monoisotopic (exact) mass is 237 g/mol. The van der Waals surface area contributed by atoms with Crippen molar-refractivity contribution in [3.05, 3.63) is 11.3 Å². The Labute approximate surface area is 103 Å². The van der Waals surface area contributed by atoms with Crippen LogP contribution in [0.15, 0.2) is 0 Å². The van der Waals surface area contributed by atoms with E-state index in [1.807, 2.05) is 18.7 Å². The third-order valence-electron chi connectivity index (χ3n) is 3.57. The zero-order valence-electron chi connectivity index (χ0n) is 10.9. The topological polar surface area (TPSA) is 53.1 Å².